The fraction of sp³-hybridized carbons (Fsp3) is 0.111. The van der Waals surface area contributed by atoms with Gasteiger partial charge in [-0.05, 0) is 57.3 Å². The Balaban J connectivity index is 2.88. The van der Waals surface area contributed by atoms with Crippen molar-refractivity contribution in [2.75, 3.05) is 6.54 Å². The molecule has 5 nitrogen and oxygen atoms in total. The third-order valence-corrected chi connectivity index (χ3v) is 3.32. The summed E-state index contributed by atoms with van der Waals surface area (Å²) in [5, 5.41) is 20.1. The highest BCUT2D eigenvalue weighted by Crippen LogP contribution is 2.27. The van der Waals surface area contributed by atoms with Crippen LogP contribution in [0.3, 0.4) is 0 Å². The van der Waals surface area contributed by atoms with Gasteiger partial charge in [0.15, 0.2) is 0 Å². The number of carbonyl (C=O) groups is 2. The number of nitrogens with one attached hydrogen (secondary N) is 1. The van der Waals surface area contributed by atoms with Crippen molar-refractivity contribution < 1.29 is 19.8 Å². The number of carboxylic acid groups (broad SMARTS) is 1. The molecule has 0 saturated heterocycles. The summed E-state index contributed by atoms with van der Waals surface area (Å²) < 4.78 is 1.09. The van der Waals surface area contributed by atoms with E-state index >= 15 is 0 Å². The molecule has 0 spiro atoms. The average molecular weight is 447 g/mol. The van der Waals surface area contributed by atoms with Crippen LogP contribution in [0.2, 0.25) is 0 Å². The quantitative estimate of drug-likeness (QED) is 0.613. The molecule has 0 aliphatic rings. The maximum atomic E-state index is 11.5. The molecule has 16 heavy (non-hydrogen) atoms. The van der Waals surface area contributed by atoms with Gasteiger partial charge in [0, 0.05) is 5.56 Å². The summed E-state index contributed by atoms with van der Waals surface area (Å²) in [6, 6.07) is 2.99. The van der Waals surface area contributed by atoms with Gasteiger partial charge in [0.05, 0.1) is 7.14 Å². The highest BCUT2D eigenvalue weighted by atomic mass is 127. The fourth-order valence-corrected chi connectivity index (χ4v) is 2.72. The van der Waals surface area contributed by atoms with Gasteiger partial charge in [-0.3, -0.25) is 9.59 Å². The number of carboxylic acids is 1. The third kappa shape index (κ3) is 3.47. The lowest BCUT2D eigenvalue weighted by Crippen LogP contribution is -2.29. The van der Waals surface area contributed by atoms with Crippen LogP contribution >= 0.6 is 45.2 Å². The number of rotatable bonds is 3. The Morgan fingerprint density at radius 1 is 1.25 bits per heavy atom. The molecule has 1 aromatic rings. The first kappa shape index (κ1) is 13.5. The highest BCUT2D eigenvalue weighted by molar-refractivity contribution is 14.1. The SMILES string of the molecule is O=C(O)CNC(=O)c1cc(I)c(O)c(I)c1. The van der Waals surface area contributed by atoms with E-state index in [0.29, 0.717) is 12.7 Å². The van der Waals surface area contributed by atoms with Gasteiger partial charge < -0.3 is 15.5 Å². The molecule has 0 fully saturated rings. The molecule has 0 saturated carbocycles. The van der Waals surface area contributed by atoms with Crippen LogP contribution in [-0.4, -0.2) is 28.6 Å². The topological polar surface area (TPSA) is 86.6 Å². The Bertz CT molecular complexity index is 424. The molecule has 0 atom stereocenters. The Morgan fingerprint density at radius 2 is 1.75 bits per heavy atom. The summed E-state index contributed by atoms with van der Waals surface area (Å²) in [5.41, 5.74) is 0.327. The highest BCUT2D eigenvalue weighted by Gasteiger charge is 2.12. The minimum absolute atomic E-state index is 0.121. The third-order valence-electron chi connectivity index (χ3n) is 1.68. The van der Waals surface area contributed by atoms with Crippen LogP contribution in [0.1, 0.15) is 10.4 Å². The zero-order chi connectivity index (χ0) is 12.3. The van der Waals surface area contributed by atoms with Crippen LogP contribution in [0, 0.1) is 7.14 Å². The molecule has 1 amide bonds. The fourth-order valence-electron chi connectivity index (χ4n) is 0.955. The molecule has 3 N–H and O–H groups in total. The van der Waals surface area contributed by atoms with Gasteiger partial charge in [-0.15, -0.1) is 0 Å². The zero-order valence-corrected chi connectivity index (χ0v) is 12.1. The van der Waals surface area contributed by atoms with Gasteiger partial charge in [-0.25, -0.2) is 0 Å². The van der Waals surface area contributed by atoms with Crippen molar-refractivity contribution in [3.63, 3.8) is 0 Å². The second kappa shape index (κ2) is 5.66. The van der Waals surface area contributed by atoms with Crippen LogP contribution in [0.25, 0.3) is 0 Å². The molecule has 1 rings (SSSR count). The van der Waals surface area contributed by atoms with E-state index in [-0.39, 0.29) is 5.75 Å². The van der Waals surface area contributed by atoms with Crippen molar-refractivity contribution in [3.05, 3.63) is 24.8 Å². The standard InChI is InChI=1S/C9H7I2NO4/c10-5-1-4(2-6(11)8(5)15)9(16)12-3-7(13)14/h1-2,15H,3H2,(H,12,16)(H,13,14). The molecule has 0 heterocycles. The van der Waals surface area contributed by atoms with Crippen molar-refractivity contribution >= 4 is 57.1 Å². The van der Waals surface area contributed by atoms with E-state index in [1.165, 1.54) is 12.1 Å². The van der Waals surface area contributed by atoms with Crippen molar-refractivity contribution in [1.82, 2.24) is 5.32 Å². The minimum Gasteiger partial charge on any atom is -0.506 e. The molecule has 0 aliphatic heterocycles. The first-order valence-electron chi connectivity index (χ1n) is 4.10. The molecule has 0 bridgehead atoms. The minimum atomic E-state index is -1.10. The van der Waals surface area contributed by atoms with Gasteiger partial charge in [0.2, 0.25) is 0 Å². The number of aromatic hydroxyl groups is 1. The number of halogens is 2. The van der Waals surface area contributed by atoms with Crippen LogP contribution < -0.4 is 5.32 Å². The molecular weight excluding hydrogens is 440 g/mol. The summed E-state index contributed by atoms with van der Waals surface area (Å²) in [5.74, 6) is -1.45. The predicted octanol–water partition coefficient (Wildman–Crippen LogP) is 1.42. The number of hydrogen-bond acceptors (Lipinski definition) is 3. The van der Waals surface area contributed by atoms with Crippen LogP contribution in [0.15, 0.2) is 12.1 Å². The largest absolute Gasteiger partial charge is 0.506 e. The molecule has 0 aliphatic carbocycles. The zero-order valence-electron chi connectivity index (χ0n) is 7.83. The Kier molecular flexibility index (Phi) is 4.77. The number of phenols is 1. The maximum Gasteiger partial charge on any atom is 0.322 e. The van der Waals surface area contributed by atoms with E-state index in [1.807, 2.05) is 45.2 Å². The lowest BCUT2D eigenvalue weighted by Gasteiger charge is -2.06. The summed E-state index contributed by atoms with van der Waals surface area (Å²) >= 11 is 3.80. The van der Waals surface area contributed by atoms with Crippen LogP contribution in [0.5, 0.6) is 5.75 Å². The van der Waals surface area contributed by atoms with E-state index in [1.54, 1.807) is 0 Å². The van der Waals surface area contributed by atoms with Gasteiger partial charge in [-0.2, -0.15) is 0 Å². The number of hydrogen-bond donors (Lipinski definition) is 3. The average Bonchev–Trinajstić information content (AvgIpc) is 2.21. The monoisotopic (exact) mass is 447 g/mol. The predicted molar refractivity (Wildman–Crippen MR) is 73.5 cm³/mol. The Morgan fingerprint density at radius 3 is 2.19 bits per heavy atom. The Labute approximate surface area is 119 Å². The van der Waals surface area contributed by atoms with Gasteiger partial charge in [-0.1, -0.05) is 0 Å². The lowest BCUT2D eigenvalue weighted by molar-refractivity contribution is -0.135. The van der Waals surface area contributed by atoms with Gasteiger partial charge >= 0.3 is 5.97 Å². The normalized spacial score (nSPS) is 9.88. The maximum absolute atomic E-state index is 11.5. The molecular formula is C9H7I2NO4. The first-order chi connectivity index (χ1) is 7.41. The number of carbonyl (C=O) groups excluding carboxylic acids is 1. The summed E-state index contributed by atoms with van der Waals surface area (Å²) in [6.45, 7) is -0.424. The molecule has 1 aromatic carbocycles. The second-order valence-corrected chi connectivity index (χ2v) is 5.19. The smallest absolute Gasteiger partial charge is 0.322 e. The van der Waals surface area contributed by atoms with E-state index in [4.69, 9.17) is 5.11 Å². The first-order valence-corrected chi connectivity index (χ1v) is 6.25. The molecule has 0 unspecified atom stereocenters. The van der Waals surface area contributed by atoms with Crippen molar-refractivity contribution in [2.45, 2.75) is 0 Å². The number of aliphatic carboxylic acids is 1. The Hall–Kier alpha value is -0.580. The molecule has 86 valence electrons. The van der Waals surface area contributed by atoms with Gasteiger partial charge in [0.1, 0.15) is 12.3 Å². The van der Waals surface area contributed by atoms with Crippen LogP contribution in [0.4, 0.5) is 0 Å². The van der Waals surface area contributed by atoms with E-state index in [9.17, 15) is 14.7 Å². The molecule has 0 aromatic heterocycles. The summed E-state index contributed by atoms with van der Waals surface area (Å²) in [4.78, 5) is 21.8. The van der Waals surface area contributed by atoms with Crippen molar-refractivity contribution in [2.24, 2.45) is 0 Å². The van der Waals surface area contributed by atoms with Gasteiger partial charge in [0.25, 0.3) is 5.91 Å². The van der Waals surface area contributed by atoms with E-state index in [0.717, 1.165) is 0 Å². The van der Waals surface area contributed by atoms with E-state index < -0.39 is 18.4 Å². The van der Waals surface area contributed by atoms with E-state index in [2.05, 4.69) is 5.32 Å². The summed E-state index contributed by atoms with van der Waals surface area (Å²) in [7, 11) is 0. The van der Waals surface area contributed by atoms with Crippen molar-refractivity contribution in [3.8, 4) is 5.75 Å². The van der Waals surface area contributed by atoms with Crippen molar-refractivity contribution in [1.29, 1.82) is 0 Å². The summed E-state index contributed by atoms with van der Waals surface area (Å²) in [6.07, 6.45) is 0. The lowest BCUT2D eigenvalue weighted by atomic mass is 10.2. The number of phenolic OH excluding ortho intramolecular Hbond substituents is 1. The number of amides is 1. The second-order valence-electron chi connectivity index (χ2n) is 2.86. The van der Waals surface area contributed by atoms with Crippen LogP contribution in [-0.2, 0) is 4.79 Å². The molecule has 7 heteroatoms. The number of benzene rings is 1. The molecule has 0 radical (unpaired) electrons.